The first-order valence-electron chi connectivity index (χ1n) is 12.6. The molecule has 0 aromatic heterocycles. The predicted octanol–water partition coefficient (Wildman–Crippen LogP) is 4.72. The van der Waals surface area contributed by atoms with Crippen LogP contribution in [0.25, 0.3) is 0 Å². The second kappa shape index (κ2) is 14.3. The highest BCUT2D eigenvalue weighted by molar-refractivity contribution is 6.03. The Labute approximate surface area is 228 Å². The van der Waals surface area contributed by atoms with E-state index in [9.17, 15) is 14.4 Å². The molecule has 0 heterocycles. The van der Waals surface area contributed by atoms with Crippen LogP contribution in [0.5, 0.6) is 0 Å². The van der Waals surface area contributed by atoms with Gasteiger partial charge in [0.15, 0.2) is 0 Å². The Morgan fingerprint density at radius 1 is 0.769 bits per heavy atom. The number of carbonyl (C=O) groups excluding carboxylic acids is 3. The minimum atomic E-state index is -0.993. The van der Waals surface area contributed by atoms with Crippen LogP contribution in [-0.2, 0) is 33.8 Å². The van der Waals surface area contributed by atoms with Gasteiger partial charge in [0.05, 0.1) is 6.54 Å². The summed E-state index contributed by atoms with van der Waals surface area (Å²) in [5.74, 6) is -0.720. The third kappa shape index (κ3) is 11.1. The van der Waals surface area contributed by atoms with E-state index >= 15 is 0 Å². The van der Waals surface area contributed by atoms with Gasteiger partial charge in [-0.15, -0.1) is 0 Å². The molecule has 0 bridgehead atoms. The van der Waals surface area contributed by atoms with E-state index in [1.54, 1.807) is 20.8 Å². The molecule has 3 aromatic rings. The number of urea groups is 1. The third-order valence-corrected chi connectivity index (χ3v) is 5.21. The van der Waals surface area contributed by atoms with Crippen molar-refractivity contribution in [2.45, 2.75) is 52.0 Å². The molecule has 0 aliphatic heterocycles. The van der Waals surface area contributed by atoms with Crippen molar-refractivity contribution in [1.82, 2.24) is 16.0 Å². The van der Waals surface area contributed by atoms with E-state index in [2.05, 4.69) is 20.9 Å². The average Bonchev–Trinajstić information content (AvgIpc) is 2.90. The minimum absolute atomic E-state index is 0.0677. The minimum Gasteiger partial charge on any atom is -0.459 e. The molecule has 0 saturated heterocycles. The number of guanidine groups is 1. The second-order valence-electron chi connectivity index (χ2n) is 9.71. The lowest BCUT2D eigenvalue weighted by atomic mass is 10.1. The average molecular weight is 531 g/mol. The SMILES string of the molecule is CC(C)(C)OC(=O)NC(=NCc1ccccc1)NC(=O)NC(Cc1ccccc1)C(=O)OCc1ccccc1. The Balaban J connectivity index is 1.72. The molecule has 0 aliphatic rings. The maximum Gasteiger partial charge on any atom is 0.414 e. The molecule has 9 heteroatoms. The zero-order chi connectivity index (χ0) is 28.1. The van der Waals surface area contributed by atoms with Crippen LogP contribution in [0.4, 0.5) is 9.59 Å². The molecule has 0 aliphatic carbocycles. The Hall–Kier alpha value is -4.66. The largest absolute Gasteiger partial charge is 0.459 e. The van der Waals surface area contributed by atoms with Crippen LogP contribution in [0.2, 0.25) is 0 Å². The van der Waals surface area contributed by atoms with Gasteiger partial charge >= 0.3 is 18.1 Å². The van der Waals surface area contributed by atoms with E-state index < -0.39 is 29.7 Å². The van der Waals surface area contributed by atoms with Crippen molar-refractivity contribution in [3.8, 4) is 0 Å². The molecule has 3 N–H and O–H groups in total. The second-order valence-corrected chi connectivity index (χ2v) is 9.71. The van der Waals surface area contributed by atoms with E-state index in [0.717, 1.165) is 16.7 Å². The first-order valence-corrected chi connectivity index (χ1v) is 12.6. The first-order chi connectivity index (χ1) is 18.7. The number of aliphatic imine (C=N–C) groups is 1. The van der Waals surface area contributed by atoms with Crippen LogP contribution in [-0.4, -0.2) is 35.7 Å². The number of hydrogen-bond acceptors (Lipinski definition) is 6. The lowest BCUT2D eigenvalue weighted by Crippen LogP contribution is -2.53. The molecule has 1 atom stereocenters. The molecule has 204 valence electrons. The summed E-state index contributed by atoms with van der Waals surface area (Å²) in [6.07, 6.45) is -0.574. The maximum atomic E-state index is 13.0. The number of hydrogen-bond donors (Lipinski definition) is 3. The molecule has 0 saturated carbocycles. The number of esters is 1. The van der Waals surface area contributed by atoms with Gasteiger partial charge in [0, 0.05) is 6.42 Å². The molecule has 1 unspecified atom stereocenters. The fourth-order valence-electron chi connectivity index (χ4n) is 3.44. The Morgan fingerprint density at radius 3 is 1.87 bits per heavy atom. The quantitative estimate of drug-likeness (QED) is 0.221. The lowest BCUT2D eigenvalue weighted by molar-refractivity contribution is -0.147. The van der Waals surface area contributed by atoms with Crippen molar-refractivity contribution in [3.63, 3.8) is 0 Å². The molecule has 0 spiro atoms. The van der Waals surface area contributed by atoms with Crippen molar-refractivity contribution in [2.75, 3.05) is 0 Å². The van der Waals surface area contributed by atoms with Crippen LogP contribution < -0.4 is 16.0 Å². The summed E-state index contributed by atoms with van der Waals surface area (Å²) in [5.41, 5.74) is 1.78. The van der Waals surface area contributed by atoms with Crippen LogP contribution in [0.3, 0.4) is 0 Å². The Kier molecular flexibility index (Phi) is 10.6. The number of nitrogens with zero attached hydrogens (tertiary/aromatic N) is 1. The third-order valence-electron chi connectivity index (χ3n) is 5.21. The standard InChI is InChI=1S/C30H34N4O5/c1-30(2,3)39-29(37)34-27(31-20-23-15-9-5-10-16-23)33-28(36)32-25(19-22-13-7-4-8-14-22)26(35)38-21-24-17-11-6-12-18-24/h4-18,25H,19-21H2,1-3H3,(H3,31,32,33,34,36,37). The molecule has 0 fully saturated rings. The molecule has 9 nitrogen and oxygen atoms in total. The zero-order valence-electron chi connectivity index (χ0n) is 22.3. The van der Waals surface area contributed by atoms with Crippen molar-refractivity contribution in [1.29, 1.82) is 0 Å². The van der Waals surface area contributed by atoms with Crippen LogP contribution in [0.15, 0.2) is 96.0 Å². The molecular formula is C30H34N4O5. The molecule has 39 heavy (non-hydrogen) atoms. The van der Waals surface area contributed by atoms with Crippen LogP contribution >= 0.6 is 0 Å². The number of amides is 3. The maximum absolute atomic E-state index is 13.0. The van der Waals surface area contributed by atoms with Crippen molar-refractivity contribution < 1.29 is 23.9 Å². The highest BCUT2D eigenvalue weighted by atomic mass is 16.6. The summed E-state index contributed by atoms with van der Waals surface area (Å²) in [6, 6.07) is 26.1. The first kappa shape index (κ1) is 28.9. The summed E-state index contributed by atoms with van der Waals surface area (Å²) in [4.78, 5) is 42.7. The summed E-state index contributed by atoms with van der Waals surface area (Å²) in [5, 5.41) is 7.66. The van der Waals surface area contributed by atoms with E-state index in [4.69, 9.17) is 9.47 Å². The summed E-state index contributed by atoms with van der Waals surface area (Å²) < 4.78 is 10.8. The van der Waals surface area contributed by atoms with Gasteiger partial charge in [-0.3, -0.25) is 10.6 Å². The summed E-state index contributed by atoms with van der Waals surface area (Å²) in [6.45, 7) is 5.44. The number of carbonyl (C=O) groups is 3. The zero-order valence-corrected chi connectivity index (χ0v) is 22.3. The number of nitrogens with one attached hydrogen (secondary N) is 3. The van der Waals surface area contributed by atoms with Crippen molar-refractivity contribution >= 4 is 24.1 Å². The van der Waals surface area contributed by atoms with E-state index in [1.165, 1.54) is 0 Å². The number of alkyl carbamates (subject to hydrolysis) is 1. The van der Waals surface area contributed by atoms with Gasteiger partial charge in [0.1, 0.15) is 18.2 Å². The number of benzene rings is 3. The fourth-order valence-corrected chi connectivity index (χ4v) is 3.44. The summed E-state index contributed by atoms with van der Waals surface area (Å²) in [7, 11) is 0. The van der Waals surface area contributed by atoms with E-state index in [-0.39, 0.29) is 25.5 Å². The van der Waals surface area contributed by atoms with Gasteiger partial charge in [-0.1, -0.05) is 91.0 Å². The Morgan fingerprint density at radius 2 is 1.31 bits per heavy atom. The highest BCUT2D eigenvalue weighted by Crippen LogP contribution is 2.09. The van der Waals surface area contributed by atoms with Gasteiger partial charge in [-0.05, 0) is 37.5 Å². The van der Waals surface area contributed by atoms with Gasteiger partial charge < -0.3 is 14.8 Å². The lowest BCUT2D eigenvalue weighted by Gasteiger charge is -2.21. The normalized spacial score (nSPS) is 12.1. The molecule has 3 rings (SSSR count). The van der Waals surface area contributed by atoms with Gasteiger partial charge in [0.2, 0.25) is 5.96 Å². The van der Waals surface area contributed by atoms with E-state index in [0.29, 0.717) is 0 Å². The van der Waals surface area contributed by atoms with Gasteiger partial charge in [-0.25, -0.2) is 19.4 Å². The van der Waals surface area contributed by atoms with Crippen molar-refractivity contribution in [3.05, 3.63) is 108 Å². The van der Waals surface area contributed by atoms with Gasteiger partial charge in [-0.2, -0.15) is 0 Å². The van der Waals surface area contributed by atoms with Crippen LogP contribution in [0, 0.1) is 0 Å². The number of rotatable bonds is 8. The molecule has 0 radical (unpaired) electrons. The fraction of sp³-hybridized carbons (Fsp3) is 0.267. The summed E-state index contributed by atoms with van der Waals surface area (Å²) >= 11 is 0. The highest BCUT2D eigenvalue weighted by Gasteiger charge is 2.24. The van der Waals surface area contributed by atoms with E-state index in [1.807, 2.05) is 91.0 Å². The predicted molar refractivity (Wildman–Crippen MR) is 149 cm³/mol. The molecular weight excluding hydrogens is 496 g/mol. The monoisotopic (exact) mass is 530 g/mol. The Bertz CT molecular complexity index is 1240. The molecule has 3 amide bonds. The topological polar surface area (TPSA) is 118 Å². The number of ether oxygens (including phenoxy) is 2. The van der Waals surface area contributed by atoms with Gasteiger partial charge in [0.25, 0.3) is 0 Å². The van der Waals surface area contributed by atoms with Crippen molar-refractivity contribution in [2.24, 2.45) is 4.99 Å². The smallest absolute Gasteiger partial charge is 0.414 e. The van der Waals surface area contributed by atoms with Crippen LogP contribution in [0.1, 0.15) is 37.5 Å². The molecule has 3 aromatic carbocycles.